The molecular weight excluding hydrogens is 622 g/mol. The van der Waals surface area contributed by atoms with Gasteiger partial charge in [0.05, 0.1) is 26.3 Å². The van der Waals surface area contributed by atoms with Gasteiger partial charge in [-0.3, -0.25) is 9.80 Å². The number of urea groups is 1. The van der Waals surface area contributed by atoms with Crippen LogP contribution in [0.2, 0.25) is 5.04 Å². The van der Waals surface area contributed by atoms with Gasteiger partial charge in [0, 0.05) is 23.1 Å². The van der Waals surface area contributed by atoms with Crippen molar-refractivity contribution in [2.24, 2.45) is 0 Å². The van der Waals surface area contributed by atoms with Crippen LogP contribution in [0.25, 0.3) is 0 Å². The van der Waals surface area contributed by atoms with Gasteiger partial charge in [-0.25, -0.2) is 14.2 Å². The molecule has 1 aromatic heterocycles. The molecule has 4 aromatic carbocycles. The normalized spacial score (nSPS) is 14.0. The number of methoxy groups -OCH3 is 1. The number of nitrogens with one attached hydrogen (secondary N) is 1. The van der Waals surface area contributed by atoms with Crippen molar-refractivity contribution < 1.29 is 18.3 Å². The number of carbonyl (C=O) groups excluding carboxylic acids is 1. The Bertz CT molecular complexity index is 1810. The Balaban J connectivity index is 1.39. The lowest BCUT2D eigenvalue weighted by atomic mass is 10.1. The van der Waals surface area contributed by atoms with Crippen LogP contribution in [-0.4, -0.2) is 44.1 Å². The molecule has 0 saturated carbocycles. The van der Waals surface area contributed by atoms with Crippen LogP contribution in [0.5, 0.6) is 5.75 Å². The predicted octanol–water partition coefficient (Wildman–Crippen LogP) is 7.28. The summed E-state index contributed by atoms with van der Waals surface area (Å²) >= 11 is 0. The van der Waals surface area contributed by atoms with E-state index in [1.54, 1.807) is 35.2 Å². The highest BCUT2D eigenvalue weighted by atomic mass is 28.4. The topological polar surface area (TPSA) is 79.8 Å². The first-order valence-electron chi connectivity index (χ1n) is 16.0. The van der Waals surface area contributed by atoms with E-state index in [-0.39, 0.29) is 30.0 Å². The number of amides is 2. The van der Waals surface area contributed by atoms with Crippen molar-refractivity contribution in [3.63, 3.8) is 0 Å². The maximum Gasteiger partial charge on any atom is 0.330 e. The summed E-state index contributed by atoms with van der Waals surface area (Å²) in [5, 5.41) is 5.24. The van der Waals surface area contributed by atoms with Crippen molar-refractivity contribution in [1.82, 2.24) is 9.97 Å². The average molecular weight is 662 g/mol. The molecule has 2 heterocycles. The first-order valence-corrected chi connectivity index (χ1v) is 17.9. The van der Waals surface area contributed by atoms with Crippen LogP contribution >= 0.6 is 0 Å². The quantitative estimate of drug-likeness (QED) is 0.159. The molecule has 0 spiro atoms. The fraction of sp³-hybridized carbons (Fsp3) is 0.237. The predicted molar refractivity (Wildman–Crippen MR) is 192 cm³/mol. The van der Waals surface area contributed by atoms with Gasteiger partial charge in [0.2, 0.25) is 5.95 Å². The summed E-state index contributed by atoms with van der Waals surface area (Å²) in [6.07, 6.45) is 1.74. The second-order valence-electron chi connectivity index (χ2n) is 12.9. The number of fused-ring (bicyclic) bond motifs is 1. The molecule has 6 rings (SSSR count). The standard InChI is InChI=1S/C38H40FN5O3Si/c1-27(26-47-48(38(2,3)4,33-12-8-6-9-13-33)34-14-10-7-11-15-34)44-35-28(24-40-36(42-35)41-30-18-16-29(39)17-19-30)25-43(37(44)45)31-20-22-32(46-5)23-21-31/h6-24,27H,25-26H2,1-5H3,(H,40,41,42)/t27-/m0/s1. The third-order valence-electron chi connectivity index (χ3n) is 8.72. The van der Waals surface area contributed by atoms with E-state index < -0.39 is 14.4 Å². The summed E-state index contributed by atoms with van der Waals surface area (Å²) in [5.74, 6) is 1.17. The number of anilines is 4. The molecule has 0 aliphatic carbocycles. The molecule has 0 radical (unpaired) electrons. The Morgan fingerprint density at radius 3 is 2.06 bits per heavy atom. The molecule has 1 aliphatic rings. The molecule has 0 saturated heterocycles. The first-order chi connectivity index (χ1) is 23.1. The Morgan fingerprint density at radius 1 is 0.896 bits per heavy atom. The number of hydrogen-bond acceptors (Lipinski definition) is 6. The molecule has 2 amide bonds. The zero-order valence-corrected chi connectivity index (χ0v) is 28.9. The molecule has 5 aromatic rings. The molecule has 246 valence electrons. The number of halogens is 1. The summed E-state index contributed by atoms with van der Waals surface area (Å²) in [6, 6.07) is 33.6. The molecule has 0 fully saturated rings. The van der Waals surface area contributed by atoms with Crippen molar-refractivity contribution in [3.05, 3.63) is 127 Å². The van der Waals surface area contributed by atoms with E-state index >= 15 is 0 Å². The van der Waals surface area contributed by atoms with Crippen LogP contribution in [0.1, 0.15) is 33.3 Å². The van der Waals surface area contributed by atoms with Crippen molar-refractivity contribution in [2.45, 2.75) is 45.3 Å². The average Bonchev–Trinajstić information content (AvgIpc) is 3.09. The minimum atomic E-state index is -2.89. The zero-order chi connectivity index (χ0) is 33.9. The lowest BCUT2D eigenvalue weighted by Crippen LogP contribution is -2.67. The molecule has 1 aliphatic heterocycles. The third kappa shape index (κ3) is 6.41. The molecule has 0 bridgehead atoms. The smallest absolute Gasteiger partial charge is 0.330 e. The van der Waals surface area contributed by atoms with Gasteiger partial charge < -0.3 is 14.5 Å². The number of nitrogens with zero attached hydrogens (tertiary/aromatic N) is 4. The van der Waals surface area contributed by atoms with E-state index in [2.05, 4.69) is 79.6 Å². The molecule has 10 heteroatoms. The molecule has 1 N–H and O–H groups in total. The second kappa shape index (κ2) is 13.6. The first kappa shape index (κ1) is 32.9. The van der Waals surface area contributed by atoms with E-state index in [0.717, 1.165) is 21.6 Å². The number of rotatable bonds is 10. The van der Waals surface area contributed by atoms with E-state index in [1.165, 1.54) is 12.1 Å². The van der Waals surface area contributed by atoms with E-state index in [0.29, 0.717) is 23.2 Å². The number of benzene rings is 4. The van der Waals surface area contributed by atoms with Crippen LogP contribution in [0.15, 0.2) is 115 Å². The highest BCUT2D eigenvalue weighted by Gasteiger charge is 2.50. The van der Waals surface area contributed by atoms with Gasteiger partial charge in [0.15, 0.2) is 0 Å². The second-order valence-corrected chi connectivity index (χ2v) is 17.2. The van der Waals surface area contributed by atoms with Crippen molar-refractivity contribution in [1.29, 1.82) is 0 Å². The number of aromatic nitrogens is 2. The van der Waals surface area contributed by atoms with Gasteiger partial charge >= 0.3 is 6.03 Å². The molecule has 0 unspecified atom stereocenters. The molecule has 1 atom stereocenters. The van der Waals surface area contributed by atoms with E-state index in [4.69, 9.17) is 14.1 Å². The summed E-state index contributed by atoms with van der Waals surface area (Å²) in [7, 11) is -1.28. The Hall–Kier alpha value is -5.06. The lowest BCUT2D eigenvalue weighted by Gasteiger charge is -2.45. The monoisotopic (exact) mass is 661 g/mol. The van der Waals surface area contributed by atoms with Gasteiger partial charge in [-0.1, -0.05) is 81.4 Å². The number of carbonyl (C=O) groups is 1. The summed E-state index contributed by atoms with van der Waals surface area (Å²) in [6.45, 7) is 9.24. The minimum absolute atomic E-state index is 0.224. The van der Waals surface area contributed by atoms with Gasteiger partial charge in [0.25, 0.3) is 8.32 Å². The van der Waals surface area contributed by atoms with Crippen LogP contribution in [-0.2, 0) is 11.0 Å². The summed E-state index contributed by atoms with van der Waals surface area (Å²) < 4.78 is 26.2. The van der Waals surface area contributed by atoms with Crippen LogP contribution in [0.3, 0.4) is 0 Å². The third-order valence-corrected chi connectivity index (χ3v) is 13.7. The van der Waals surface area contributed by atoms with Gasteiger partial charge in [-0.2, -0.15) is 4.98 Å². The minimum Gasteiger partial charge on any atom is -0.497 e. The van der Waals surface area contributed by atoms with Gasteiger partial charge in [-0.15, -0.1) is 0 Å². The Labute approximate surface area is 282 Å². The van der Waals surface area contributed by atoms with E-state index in [1.807, 2.05) is 43.3 Å². The Kier molecular flexibility index (Phi) is 9.30. The van der Waals surface area contributed by atoms with E-state index in [9.17, 15) is 9.18 Å². The van der Waals surface area contributed by atoms with Crippen molar-refractivity contribution in [3.8, 4) is 5.75 Å². The lowest BCUT2D eigenvalue weighted by molar-refractivity contribution is 0.237. The fourth-order valence-corrected chi connectivity index (χ4v) is 11.0. The van der Waals surface area contributed by atoms with Crippen LogP contribution < -0.4 is 30.2 Å². The maximum absolute atomic E-state index is 14.5. The highest BCUT2D eigenvalue weighted by Crippen LogP contribution is 2.38. The molecular formula is C38H40FN5O3Si. The largest absolute Gasteiger partial charge is 0.497 e. The SMILES string of the molecule is COc1ccc(N2Cc3cnc(Nc4ccc(F)cc4)nc3N([C@@H](C)CO[Si](c3ccccc3)(c3ccccc3)C(C)(C)C)C2=O)cc1. The molecule has 48 heavy (non-hydrogen) atoms. The van der Waals surface area contributed by atoms with Crippen molar-refractivity contribution >= 4 is 47.9 Å². The van der Waals surface area contributed by atoms with Crippen LogP contribution in [0, 0.1) is 5.82 Å². The summed E-state index contributed by atoms with van der Waals surface area (Å²) in [4.78, 5) is 27.3. The Morgan fingerprint density at radius 2 is 1.50 bits per heavy atom. The number of hydrogen-bond donors (Lipinski definition) is 1. The van der Waals surface area contributed by atoms with Gasteiger partial charge in [-0.05, 0) is 70.9 Å². The highest BCUT2D eigenvalue weighted by molar-refractivity contribution is 6.99. The fourth-order valence-electron chi connectivity index (χ4n) is 6.34. The zero-order valence-electron chi connectivity index (χ0n) is 27.9. The van der Waals surface area contributed by atoms with Crippen molar-refractivity contribution in [2.75, 3.05) is 28.8 Å². The van der Waals surface area contributed by atoms with Gasteiger partial charge in [0.1, 0.15) is 17.4 Å². The molecule has 8 nitrogen and oxygen atoms in total. The maximum atomic E-state index is 14.5. The summed E-state index contributed by atoms with van der Waals surface area (Å²) in [5.41, 5.74) is 2.14. The van der Waals surface area contributed by atoms with Crippen LogP contribution in [0.4, 0.5) is 32.3 Å². The number of ether oxygens (including phenoxy) is 1.